The van der Waals surface area contributed by atoms with Crippen molar-refractivity contribution < 1.29 is 0 Å². The lowest BCUT2D eigenvalue weighted by Crippen LogP contribution is -2.15. The van der Waals surface area contributed by atoms with Gasteiger partial charge in [-0.3, -0.25) is 4.98 Å². The molecule has 0 amide bonds. The van der Waals surface area contributed by atoms with Gasteiger partial charge in [-0.15, -0.1) is 0 Å². The van der Waals surface area contributed by atoms with Gasteiger partial charge in [0.2, 0.25) is 0 Å². The first-order valence-electron chi connectivity index (χ1n) is 6.55. The van der Waals surface area contributed by atoms with Gasteiger partial charge in [0.05, 0.1) is 0 Å². The zero-order valence-electron chi connectivity index (χ0n) is 10.7. The van der Waals surface area contributed by atoms with Gasteiger partial charge in [-0.2, -0.15) is 0 Å². The lowest BCUT2D eigenvalue weighted by atomic mass is 10.0. The molecule has 2 nitrogen and oxygen atoms in total. The molecule has 0 saturated heterocycles. The van der Waals surface area contributed by atoms with Crippen LogP contribution in [0, 0.1) is 6.92 Å². The molecule has 1 fully saturated rings. The van der Waals surface area contributed by atoms with E-state index in [1.54, 1.807) is 0 Å². The van der Waals surface area contributed by atoms with Crippen LogP contribution in [-0.4, -0.2) is 11.0 Å². The second kappa shape index (κ2) is 4.91. The fourth-order valence-electron chi connectivity index (χ4n) is 2.12. The monoisotopic (exact) mass is 238 g/mol. The highest BCUT2D eigenvalue weighted by Gasteiger charge is 2.19. The van der Waals surface area contributed by atoms with E-state index in [2.05, 4.69) is 47.6 Å². The first kappa shape index (κ1) is 11.4. The topological polar surface area (TPSA) is 24.9 Å². The molecule has 0 bridgehead atoms. The van der Waals surface area contributed by atoms with Gasteiger partial charge in [-0.25, -0.2) is 0 Å². The fraction of sp³-hybridized carbons (Fsp3) is 0.312. The van der Waals surface area contributed by atoms with E-state index in [1.165, 1.54) is 35.1 Å². The van der Waals surface area contributed by atoms with E-state index < -0.39 is 0 Å². The second-order valence-corrected chi connectivity index (χ2v) is 5.11. The summed E-state index contributed by atoms with van der Waals surface area (Å²) in [4.78, 5) is 4.26. The lowest BCUT2D eigenvalue weighted by Gasteiger charge is -2.07. The Balaban J connectivity index is 1.80. The Morgan fingerprint density at radius 1 is 1.17 bits per heavy atom. The van der Waals surface area contributed by atoms with Gasteiger partial charge in [0.15, 0.2) is 0 Å². The summed E-state index contributed by atoms with van der Waals surface area (Å²) in [5.41, 5.74) is 5.00. The van der Waals surface area contributed by atoms with Crippen molar-refractivity contribution in [1.29, 1.82) is 0 Å². The van der Waals surface area contributed by atoms with Crippen molar-refractivity contribution in [3.05, 3.63) is 53.9 Å². The van der Waals surface area contributed by atoms with E-state index in [0.29, 0.717) is 0 Å². The van der Waals surface area contributed by atoms with Crippen LogP contribution in [0.3, 0.4) is 0 Å². The lowest BCUT2D eigenvalue weighted by molar-refractivity contribution is 0.688. The van der Waals surface area contributed by atoms with Crippen molar-refractivity contribution in [2.75, 3.05) is 0 Å². The minimum atomic E-state index is 0.759. The number of hydrogen-bond donors (Lipinski definition) is 1. The SMILES string of the molecule is Cc1cncc(-c2cccc(CNC3CC3)c2)c1. The molecule has 0 spiro atoms. The second-order valence-electron chi connectivity index (χ2n) is 5.11. The highest BCUT2D eigenvalue weighted by atomic mass is 14.9. The van der Waals surface area contributed by atoms with Crippen molar-refractivity contribution >= 4 is 0 Å². The molecule has 0 atom stereocenters. The van der Waals surface area contributed by atoms with Crippen molar-refractivity contribution in [3.63, 3.8) is 0 Å². The van der Waals surface area contributed by atoms with E-state index in [0.717, 1.165) is 12.6 Å². The molecule has 1 aromatic heterocycles. The molecule has 1 aromatic carbocycles. The molecular formula is C16H18N2. The van der Waals surface area contributed by atoms with Crippen molar-refractivity contribution in [2.24, 2.45) is 0 Å². The quantitative estimate of drug-likeness (QED) is 0.884. The van der Waals surface area contributed by atoms with Crippen LogP contribution in [0.25, 0.3) is 11.1 Å². The number of pyridine rings is 1. The number of aryl methyl sites for hydroxylation is 1. The Kier molecular flexibility index (Phi) is 3.11. The normalized spacial score (nSPS) is 14.7. The Morgan fingerprint density at radius 3 is 2.83 bits per heavy atom. The van der Waals surface area contributed by atoms with Gasteiger partial charge < -0.3 is 5.32 Å². The van der Waals surface area contributed by atoms with Gasteiger partial charge in [0, 0.05) is 30.5 Å². The van der Waals surface area contributed by atoms with Crippen LogP contribution < -0.4 is 5.32 Å². The molecule has 2 heteroatoms. The van der Waals surface area contributed by atoms with Crippen LogP contribution >= 0.6 is 0 Å². The summed E-state index contributed by atoms with van der Waals surface area (Å²) in [6, 6.07) is 11.7. The Labute approximate surface area is 108 Å². The maximum atomic E-state index is 4.26. The van der Waals surface area contributed by atoms with Gasteiger partial charge in [0.1, 0.15) is 0 Å². The molecule has 3 rings (SSSR count). The molecule has 1 heterocycles. The average molecular weight is 238 g/mol. The molecule has 92 valence electrons. The zero-order valence-corrected chi connectivity index (χ0v) is 10.7. The first-order valence-corrected chi connectivity index (χ1v) is 6.55. The van der Waals surface area contributed by atoms with Gasteiger partial charge >= 0.3 is 0 Å². The minimum absolute atomic E-state index is 0.759. The van der Waals surface area contributed by atoms with Crippen LogP contribution in [0.15, 0.2) is 42.7 Å². The summed E-state index contributed by atoms with van der Waals surface area (Å²) in [5, 5.41) is 3.55. The third-order valence-electron chi connectivity index (χ3n) is 3.31. The minimum Gasteiger partial charge on any atom is -0.310 e. The molecule has 2 aromatic rings. The fourth-order valence-corrected chi connectivity index (χ4v) is 2.12. The predicted octanol–water partition coefficient (Wildman–Crippen LogP) is 3.31. The third kappa shape index (κ3) is 2.77. The van der Waals surface area contributed by atoms with E-state index >= 15 is 0 Å². The Morgan fingerprint density at radius 2 is 2.06 bits per heavy atom. The summed E-state index contributed by atoms with van der Waals surface area (Å²) >= 11 is 0. The maximum absolute atomic E-state index is 4.26. The van der Waals surface area contributed by atoms with Gasteiger partial charge in [-0.1, -0.05) is 18.2 Å². The number of nitrogens with one attached hydrogen (secondary N) is 1. The van der Waals surface area contributed by atoms with E-state index in [4.69, 9.17) is 0 Å². The maximum Gasteiger partial charge on any atom is 0.0346 e. The zero-order chi connectivity index (χ0) is 12.4. The standard InChI is InChI=1S/C16H18N2/c1-12-7-15(11-17-9-12)14-4-2-3-13(8-14)10-18-16-5-6-16/h2-4,7-9,11,16,18H,5-6,10H2,1H3. The van der Waals surface area contributed by atoms with Crippen molar-refractivity contribution in [1.82, 2.24) is 10.3 Å². The molecule has 0 unspecified atom stereocenters. The van der Waals surface area contributed by atoms with Crippen LogP contribution in [0.5, 0.6) is 0 Å². The smallest absolute Gasteiger partial charge is 0.0346 e. The van der Waals surface area contributed by atoms with Crippen LogP contribution in [0.4, 0.5) is 0 Å². The van der Waals surface area contributed by atoms with Crippen LogP contribution in [0.2, 0.25) is 0 Å². The van der Waals surface area contributed by atoms with Crippen LogP contribution in [-0.2, 0) is 6.54 Å². The highest BCUT2D eigenvalue weighted by Crippen LogP contribution is 2.22. The molecule has 0 aliphatic heterocycles. The summed E-state index contributed by atoms with van der Waals surface area (Å²) in [5.74, 6) is 0. The summed E-state index contributed by atoms with van der Waals surface area (Å²) in [7, 11) is 0. The number of hydrogen-bond acceptors (Lipinski definition) is 2. The average Bonchev–Trinajstić information content (AvgIpc) is 3.21. The number of aromatic nitrogens is 1. The van der Waals surface area contributed by atoms with E-state index in [1.807, 2.05) is 12.4 Å². The number of nitrogens with zero attached hydrogens (tertiary/aromatic N) is 1. The van der Waals surface area contributed by atoms with Gasteiger partial charge in [0.25, 0.3) is 0 Å². The van der Waals surface area contributed by atoms with Crippen LogP contribution in [0.1, 0.15) is 24.0 Å². The molecule has 1 aliphatic carbocycles. The van der Waals surface area contributed by atoms with E-state index in [9.17, 15) is 0 Å². The Hall–Kier alpha value is -1.67. The number of rotatable bonds is 4. The van der Waals surface area contributed by atoms with Crippen molar-refractivity contribution in [3.8, 4) is 11.1 Å². The molecule has 1 saturated carbocycles. The van der Waals surface area contributed by atoms with Crippen molar-refractivity contribution in [2.45, 2.75) is 32.4 Å². The molecule has 0 radical (unpaired) electrons. The molecular weight excluding hydrogens is 220 g/mol. The molecule has 18 heavy (non-hydrogen) atoms. The largest absolute Gasteiger partial charge is 0.310 e. The summed E-state index contributed by atoms with van der Waals surface area (Å²) in [6.07, 6.45) is 6.49. The third-order valence-corrected chi connectivity index (χ3v) is 3.31. The summed E-state index contributed by atoms with van der Waals surface area (Å²) < 4.78 is 0. The Bertz CT molecular complexity index is 544. The first-order chi connectivity index (χ1) is 8.81. The highest BCUT2D eigenvalue weighted by molar-refractivity contribution is 5.63. The predicted molar refractivity (Wildman–Crippen MR) is 74.3 cm³/mol. The number of benzene rings is 1. The van der Waals surface area contributed by atoms with Gasteiger partial charge in [-0.05, 0) is 48.6 Å². The van der Waals surface area contributed by atoms with E-state index in [-0.39, 0.29) is 0 Å². The molecule has 1 aliphatic rings. The summed E-state index contributed by atoms with van der Waals surface area (Å²) in [6.45, 7) is 3.05. The molecule has 1 N–H and O–H groups in total.